The van der Waals surface area contributed by atoms with E-state index in [0.29, 0.717) is 0 Å². The summed E-state index contributed by atoms with van der Waals surface area (Å²) in [7, 11) is 0. The van der Waals surface area contributed by atoms with Crippen LogP contribution in [-0.2, 0) is 11.8 Å². The summed E-state index contributed by atoms with van der Waals surface area (Å²) < 4.78 is 0. The Labute approximate surface area is 122 Å². The highest BCUT2D eigenvalue weighted by Gasteiger charge is 2.39. The molecule has 4 heteroatoms. The van der Waals surface area contributed by atoms with Crippen molar-refractivity contribution in [2.45, 2.75) is 25.2 Å². The molecule has 0 amide bonds. The molecular weight excluding hydrogens is 276 g/mol. The quantitative estimate of drug-likeness (QED) is 0.932. The van der Waals surface area contributed by atoms with Crippen LogP contribution in [0.3, 0.4) is 0 Å². The Morgan fingerprint density at radius 2 is 2.16 bits per heavy atom. The van der Waals surface area contributed by atoms with Crippen molar-refractivity contribution in [1.29, 1.82) is 0 Å². The lowest BCUT2D eigenvalue weighted by Gasteiger charge is -2.44. The molecule has 19 heavy (non-hydrogen) atoms. The molecule has 0 unspecified atom stereocenters. The smallest absolute Gasteiger partial charge is 0.0797 e. The number of nitrogens with zero attached hydrogens (tertiary/aromatic N) is 1. The lowest BCUT2D eigenvalue weighted by Crippen LogP contribution is -2.57. The first-order chi connectivity index (χ1) is 9.21. The topological polar surface area (TPSA) is 24.9 Å². The molecule has 0 spiro atoms. The summed E-state index contributed by atoms with van der Waals surface area (Å²) in [4.78, 5) is 5.73. The Morgan fingerprint density at radius 3 is 2.74 bits per heavy atom. The van der Waals surface area contributed by atoms with E-state index in [-0.39, 0.29) is 5.41 Å². The van der Waals surface area contributed by atoms with Gasteiger partial charge in [0.1, 0.15) is 0 Å². The van der Waals surface area contributed by atoms with Gasteiger partial charge >= 0.3 is 0 Å². The standard InChI is InChI=1S/C15H17ClN2S/c1-11-14(19-10-18-11)6-7-15(8-17-9-15)12-4-2-3-5-13(12)16/h2-5,10,17H,6-9H2,1H3. The monoisotopic (exact) mass is 292 g/mol. The van der Waals surface area contributed by atoms with E-state index in [4.69, 9.17) is 11.6 Å². The average Bonchev–Trinajstić information content (AvgIpc) is 2.76. The molecule has 1 aliphatic rings. The summed E-state index contributed by atoms with van der Waals surface area (Å²) in [5.74, 6) is 0. The molecule has 1 aliphatic heterocycles. The van der Waals surface area contributed by atoms with Gasteiger partial charge in [-0.15, -0.1) is 11.3 Å². The molecule has 0 aliphatic carbocycles. The Balaban J connectivity index is 1.81. The number of nitrogens with one attached hydrogen (secondary N) is 1. The Kier molecular flexibility index (Phi) is 3.61. The number of halogens is 1. The van der Waals surface area contributed by atoms with Gasteiger partial charge in [0.2, 0.25) is 0 Å². The lowest BCUT2D eigenvalue weighted by molar-refractivity contribution is 0.258. The summed E-state index contributed by atoms with van der Waals surface area (Å²) in [5, 5.41) is 4.30. The number of thiazole rings is 1. The van der Waals surface area contributed by atoms with Crippen molar-refractivity contribution in [3.05, 3.63) is 50.9 Å². The van der Waals surface area contributed by atoms with Crippen LogP contribution in [0.25, 0.3) is 0 Å². The van der Waals surface area contributed by atoms with Crippen molar-refractivity contribution < 1.29 is 0 Å². The summed E-state index contributed by atoms with van der Waals surface area (Å²) in [6.45, 7) is 4.14. The molecule has 1 aromatic carbocycles. The average molecular weight is 293 g/mol. The SMILES string of the molecule is Cc1ncsc1CCC1(c2ccccc2Cl)CNC1. The fraction of sp³-hybridized carbons (Fsp3) is 0.400. The molecule has 2 nitrogen and oxygen atoms in total. The largest absolute Gasteiger partial charge is 0.315 e. The van der Waals surface area contributed by atoms with Gasteiger partial charge in [-0.3, -0.25) is 0 Å². The molecule has 0 radical (unpaired) electrons. The molecule has 0 bridgehead atoms. The third kappa shape index (κ3) is 2.42. The van der Waals surface area contributed by atoms with E-state index in [1.165, 1.54) is 16.1 Å². The zero-order valence-electron chi connectivity index (χ0n) is 10.9. The van der Waals surface area contributed by atoms with Crippen LogP contribution in [0.1, 0.15) is 22.6 Å². The van der Waals surface area contributed by atoms with Crippen LogP contribution in [0.5, 0.6) is 0 Å². The van der Waals surface area contributed by atoms with Gasteiger partial charge in [0.15, 0.2) is 0 Å². The van der Waals surface area contributed by atoms with Gasteiger partial charge in [0.05, 0.1) is 11.2 Å². The first-order valence-corrected chi connectivity index (χ1v) is 7.82. The molecule has 3 rings (SSSR count). The maximum atomic E-state index is 6.38. The predicted octanol–water partition coefficient (Wildman–Crippen LogP) is 3.58. The van der Waals surface area contributed by atoms with Crippen LogP contribution in [0.2, 0.25) is 5.02 Å². The van der Waals surface area contributed by atoms with E-state index in [2.05, 4.69) is 29.4 Å². The van der Waals surface area contributed by atoms with E-state index in [1.54, 1.807) is 11.3 Å². The second kappa shape index (κ2) is 5.23. The van der Waals surface area contributed by atoms with E-state index >= 15 is 0 Å². The summed E-state index contributed by atoms with van der Waals surface area (Å²) in [6, 6.07) is 8.25. The van der Waals surface area contributed by atoms with E-state index in [9.17, 15) is 0 Å². The van der Waals surface area contributed by atoms with Crippen molar-refractivity contribution in [1.82, 2.24) is 10.3 Å². The van der Waals surface area contributed by atoms with Crippen molar-refractivity contribution in [2.24, 2.45) is 0 Å². The van der Waals surface area contributed by atoms with Crippen molar-refractivity contribution >= 4 is 22.9 Å². The fourth-order valence-corrected chi connectivity index (χ4v) is 3.86. The van der Waals surface area contributed by atoms with E-state index in [0.717, 1.165) is 31.0 Å². The Morgan fingerprint density at radius 1 is 1.37 bits per heavy atom. The molecule has 2 aromatic rings. The zero-order chi connectivity index (χ0) is 13.3. The molecule has 1 fully saturated rings. The molecule has 0 saturated carbocycles. The van der Waals surface area contributed by atoms with Gasteiger partial charge in [-0.05, 0) is 31.4 Å². The maximum absolute atomic E-state index is 6.38. The second-order valence-electron chi connectivity index (χ2n) is 5.22. The van der Waals surface area contributed by atoms with Gasteiger partial charge in [0, 0.05) is 28.4 Å². The van der Waals surface area contributed by atoms with Crippen LogP contribution in [0, 0.1) is 6.92 Å². The van der Waals surface area contributed by atoms with Gasteiger partial charge in [-0.1, -0.05) is 29.8 Å². The highest BCUT2D eigenvalue weighted by atomic mass is 35.5. The number of rotatable bonds is 4. The Hall–Kier alpha value is -0.900. The van der Waals surface area contributed by atoms with Crippen molar-refractivity contribution in [3.8, 4) is 0 Å². The number of benzene rings is 1. The van der Waals surface area contributed by atoms with Crippen LogP contribution >= 0.6 is 22.9 Å². The summed E-state index contributed by atoms with van der Waals surface area (Å²) >= 11 is 8.14. The van der Waals surface area contributed by atoms with Crippen LogP contribution in [-0.4, -0.2) is 18.1 Å². The highest BCUT2D eigenvalue weighted by molar-refractivity contribution is 7.09. The molecule has 0 atom stereocenters. The van der Waals surface area contributed by atoms with E-state index < -0.39 is 0 Å². The molecule has 1 N–H and O–H groups in total. The molecular formula is C15H17ClN2S. The third-order valence-corrected chi connectivity index (χ3v) is 5.37. The number of aryl methyl sites for hydroxylation is 2. The molecule has 2 heterocycles. The van der Waals surface area contributed by atoms with Gasteiger partial charge in [0.25, 0.3) is 0 Å². The minimum Gasteiger partial charge on any atom is -0.315 e. The van der Waals surface area contributed by atoms with Gasteiger partial charge in [-0.25, -0.2) is 4.98 Å². The van der Waals surface area contributed by atoms with Crippen LogP contribution in [0.4, 0.5) is 0 Å². The summed E-state index contributed by atoms with van der Waals surface area (Å²) in [6.07, 6.45) is 2.22. The third-order valence-electron chi connectivity index (χ3n) is 4.05. The number of hydrogen-bond acceptors (Lipinski definition) is 3. The molecule has 1 saturated heterocycles. The van der Waals surface area contributed by atoms with Crippen LogP contribution < -0.4 is 5.32 Å². The Bertz CT molecular complexity index is 575. The maximum Gasteiger partial charge on any atom is 0.0797 e. The minimum atomic E-state index is 0.203. The van der Waals surface area contributed by atoms with Gasteiger partial charge < -0.3 is 5.32 Å². The fourth-order valence-electron chi connectivity index (χ4n) is 2.74. The zero-order valence-corrected chi connectivity index (χ0v) is 12.5. The van der Waals surface area contributed by atoms with Crippen LogP contribution in [0.15, 0.2) is 29.8 Å². The normalized spacial score (nSPS) is 17.2. The van der Waals surface area contributed by atoms with Crippen molar-refractivity contribution in [2.75, 3.05) is 13.1 Å². The minimum absolute atomic E-state index is 0.203. The lowest BCUT2D eigenvalue weighted by atomic mass is 9.71. The molecule has 100 valence electrons. The first-order valence-electron chi connectivity index (χ1n) is 6.56. The number of aromatic nitrogens is 1. The predicted molar refractivity (Wildman–Crippen MR) is 81.2 cm³/mol. The molecule has 1 aromatic heterocycles. The second-order valence-corrected chi connectivity index (χ2v) is 6.57. The first kappa shape index (κ1) is 13.1. The van der Waals surface area contributed by atoms with Crippen molar-refractivity contribution in [3.63, 3.8) is 0 Å². The highest BCUT2D eigenvalue weighted by Crippen LogP contribution is 2.38. The van der Waals surface area contributed by atoms with Gasteiger partial charge in [-0.2, -0.15) is 0 Å². The number of hydrogen-bond donors (Lipinski definition) is 1. The van der Waals surface area contributed by atoms with E-state index in [1.807, 2.05) is 17.6 Å². The summed E-state index contributed by atoms with van der Waals surface area (Å²) in [5.41, 5.74) is 4.60.